The Morgan fingerprint density at radius 3 is 2.76 bits per heavy atom. The number of nitrogens with zero attached hydrogens (tertiary/aromatic N) is 2. The van der Waals surface area contributed by atoms with E-state index in [0.717, 1.165) is 30.2 Å². The Morgan fingerprint density at radius 1 is 1.35 bits per heavy atom. The quantitative estimate of drug-likeness (QED) is 0.763. The van der Waals surface area contributed by atoms with Crippen molar-refractivity contribution in [1.29, 1.82) is 0 Å². The van der Waals surface area contributed by atoms with Crippen LogP contribution in [-0.2, 0) is 5.88 Å². The van der Waals surface area contributed by atoms with Crippen molar-refractivity contribution in [2.24, 2.45) is 0 Å². The first-order valence-electron chi connectivity index (χ1n) is 5.92. The zero-order valence-corrected chi connectivity index (χ0v) is 11.8. The Hall–Kier alpha value is -0.440. The molecule has 4 heteroatoms. The maximum absolute atomic E-state index is 6.20. The molecule has 1 atom stereocenters. The van der Waals surface area contributed by atoms with Crippen molar-refractivity contribution in [2.75, 3.05) is 31.6 Å². The monoisotopic (exact) mass is 272 g/mol. The van der Waals surface area contributed by atoms with Crippen LogP contribution in [0.2, 0.25) is 5.02 Å². The Kier molecular flexibility index (Phi) is 4.18. The van der Waals surface area contributed by atoms with E-state index < -0.39 is 0 Å². The van der Waals surface area contributed by atoms with E-state index in [9.17, 15) is 0 Å². The van der Waals surface area contributed by atoms with E-state index in [1.54, 1.807) is 0 Å². The minimum absolute atomic E-state index is 0.466. The van der Waals surface area contributed by atoms with Gasteiger partial charge in [-0.3, -0.25) is 0 Å². The van der Waals surface area contributed by atoms with E-state index in [4.69, 9.17) is 23.2 Å². The fraction of sp³-hybridized carbons (Fsp3) is 0.538. The second-order valence-corrected chi connectivity index (χ2v) is 5.35. The summed E-state index contributed by atoms with van der Waals surface area (Å²) in [7, 11) is 2.16. The topological polar surface area (TPSA) is 6.48 Å². The van der Waals surface area contributed by atoms with Crippen LogP contribution < -0.4 is 4.90 Å². The number of hydrogen-bond donors (Lipinski definition) is 0. The number of benzene rings is 1. The van der Waals surface area contributed by atoms with Crippen molar-refractivity contribution in [3.8, 4) is 0 Å². The summed E-state index contributed by atoms with van der Waals surface area (Å²) in [6.07, 6.45) is 0. The SMILES string of the molecule is CC1CN(C)CCN1c1cccc(Cl)c1CCl. The summed E-state index contributed by atoms with van der Waals surface area (Å²) in [6, 6.07) is 6.52. The van der Waals surface area contributed by atoms with Gasteiger partial charge in [-0.15, -0.1) is 11.6 Å². The molecular weight excluding hydrogens is 255 g/mol. The molecule has 1 heterocycles. The molecule has 1 aromatic rings. The molecule has 1 aliphatic heterocycles. The van der Waals surface area contributed by atoms with Gasteiger partial charge >= 0.3 is 0 Å². The molecule has 0 spiro atoms. The average Bonchev–Trinajstić information content (AvgIpc) is 2.29. The number of likely N-dealkylation sites (N-methyl/N-ethyl adjacent to an activating group) is 1. The lowest BCUT2D eigenvalue weighted by atomic mass is 10.1. The van der Waals surface area contributed by atoms with Gasteiger partial charge in [0.1, 0.15) is 0 Å². The third-order valence-corrected chi connectivity index (χ3v) is 3.99. The lowest BCUT2D eigenvalue weighted by molar-refractivity contribution is 0.275. The van der Waals surface area contributed by atoms with Crippen LogP contribution >= 0.6 is 23.2 Å². The van der Waals surface area contributed by atoms with Crippen molar-refractivity contribution in [1.82, 2.24) is 4.90 Å². The number of alkyl halides is 1. The molecule has 1 saturated heterocycles. The van der Waals surface area contributed by atoms with Crippen LogP contribution in [0.4, 0.5) is 5.69 Å². The zero-order chi connectivity index (χ0) is 12.4. The van der Waals surface area contributed by atoms with Crippen molar-refractivity contribution < 1.29 is 0 Å². The Labute approximate surface area is 113 Å². The Bertz CT molecular complexity index is 395. The average molecular weight is 273 g/mol. The van der Waals surface area contributed by atoms with Crippen LogP contribution in [0.25, 0.3) is 0 Å². The van der Waals surface area contributed by atoms with Gasteiger partial charge in [0, 0.05) is 41.9 Å². The molecule has 94 valence electrons. The van der Waals surface area contributed by atoms with Gasteiger partial charge in [-0.2, -0.15) is 0 Å². The summed E-state index contributed by atoms with van der Waals surface area (Å²) in [4.78, 5) is 4.76. The molecule has 0 amide bonds. The van der Waals surface area contributed by atoms with Gasteiger partial charge in [0.15, 0.2) is 0 Å². The lowest BCUT2D eigenvalue weighted by Gasteiger charge is -2.40. The number of anilines is 1. The van der Waals surface area contributed by atoms with Crippen LogP contribution in [0.15, 0.2) is 18.2 Å². The first kappa shape index (κ1) is 13.0. The summed E-state index contributed by atoms with van der Waals surface area (Å²) in [5.41, 5.74) is 2.24. The van der Waals surface area contributed by atoms with Gasteiger partial charge in [-0.25, -0.2) is 0 Å². The van der Waals surface area contributed by atoms with E-state index in [-0.39, 0.29) is 0 Å². The fourth-order valence-corrected chi connectivity index (χ4v) is 3.03. The summed E-state index contributed by atoms with van der Waals surface area (Å²) in [6.45, 7) is 5.43. The van der Waals surface area contributed by atoms with Gasteiger partial charge in [-0.1, -0.05) is 17.7 Å². The molecular formula is C13H18Cl2N2. The number of rotatable bonds is 2. The van der Waals surface area contributed by atoms with Crippen LogP contribution in [0, 0.1) is 0 Å². The number of halogens is 2. The van der Waals surface area contributed by atoms with Gasteiger partial charge in [0.05, 0.1) is 5.88 Å². The maximum Gasteiger partial charge on any atom is 0.0509 e. The Balaban J connectivity index is 2.30. The third kappa shape index (κ3) is 2.70. The van der Waals surface area contributed by atoms with Crippen molar-refractivity contribution in [3.63, 3.8) is 0 Å². The van der Waals surface area contributed by atoms with Crippen molar-refractivity contribution in [3.05, 3.63) is 28.8 Å². The molecule has 0 aliphatic carbocycles. The number of hydrogen-bond acceptors (Lipinski definition) is 2. The highest BCUT2D eigenvalue weighted by Crippen LogP contribution is 2.31. The van der Waals surface area contributed by atoms with Crippen molar-refractivity contribution in [2.45, 2.75) is 18.8 Å². The van der Waals surface area contributed by atoms with E-state index in [0.29, 0.717) is 11.9 Å². The lowest BCUT2D eigenvalue weighted by Crippen LogP contribution is -2.50. The highest BCUT2D eigenvalue weighted by atomic mass is 35.5. The maximum atomic E-state index is 6.20. The summed E-state index contributed by atoms with van der Waals surface area (Å²) in [5.74, 6) is 0.466. The molecule has 1 aromatic carbocycles. The fourth-order valence-electron chi connectivity index (χ4n) is 2.45. The first-order valence-corrected chi connectivity index (χ1v) is 6.83. The summed E-state index contributed by atoms with van der Waals surface area (Å²) >= 11 is 12.2. The van der Waals surface area contributed by atoms with Crippen LogP contribution in [0.5, 0.6) is 0 Å². The van der Waals surface area contributed by atoms with Gasteiger partial charge in [0.2, 0.25) is 0 Å². The number of piperazine rings is 1. The summed E-state index contributed by atoms with van der Waals surface area (Å²) in [5, 5.41) is 0.767. The van der Waals surface area contributed by atoms with E-state index in [1.165, 1.54) is 5.69 Å². The molecule has 0 N–H and O–H groups in total. The standard InChI is InChI=1S/C13H18Cl2N2/c1-10-9-16(2)6-7-17(10)13-5-3-4-12(15)11(13)8-14/h3-5,10H,6-9H2,1-2H3. The second kappa shape index (κ2) is 5.47. The summed E-state index contributed by atoms with van der Waals surface area (Å²) < 4.78 is 0. The predicted molar refractivity (Wildman–Crippen MR) is 75.3 cm³/mol. The highest BCUT2D eigenvalue weighted by molar-refractivity contribution is 6.32. The molecule has 0 saturated carbocycles. The molecule has 2 nitrogen and oxygen atoms in total. The molecule has 1 aliphatic rings. The van der Waals surface area contributed by atoms with E-state index in [1.807, 2.05) is 12.1 Å². The van der Waals surface area contributed by atoms with Gasteiger partial charge in [0.25, 0.3) is 0 Å². The van der Waals surface area contributed by atoms with Crippen LogP contribution in [-0.4, -0.2) is 37.6 Å². The molecule has 1 unspecified atom stereocenters. The van der Waals surface area contributed by atoms with Crippen LogP contribution in [0.1, 0.15) is 12.5 Å². The van der Waals surface area contributed by atoms with E-state index in [2.05, 4.69) is 29.8 Å². The van der Waals surface area contributed by atoms with Crippen molar-refractivity contribution >= 4 is 28.9 Å². The Morgan fingerprint density at radius 2 is 2.12 bits per heavy atom. The zero-order valence-electron chi connectivity index (χ0n) is 10.3. The molecule has 2 rings (SSSR count). The predicted octanol–water partition coefficient (Wildman–Crippen LogP) is 3.22. The molecule has 1 fully saturated rings. The molecule has 0 radical (unpaired) electrons. The van der Waals surface area contributed by atoms with Crippen LogP contribution in [0.3, 0.4) is 0 Å². The highest BCUT2D eigenvalue weighted by Gasteiger charge is 2.23. The molecule has 0 bridgehead atoms. The minimum Gasteiger partial charge on any atom is -0.366 e. The third-order valence-electron chi connectivity index (χ3n) is 3.37. The van der Waals surface area contributed by atoms with E-state index >= 15 is 0 Å². The van der Waals surface area contributed by atoms with Gasteiger partial charge in [-0.05, 0) is 26.1 Å². The molecule has 17 heavy (non-hydrogen) atoms. The first-order chi connectivity index (χ1) is 8.13. The minimum atomic E-state index is 0.466. The largest absolute Gasteiger partial charge is 0.366 e. The molecule has 0 aromatic heterocycles. The smallest absolute Gasteiger partial charge is 0.0509 e. The second-order valence-electron chi connectivity index (χ2n) is 4.68. The van der Waals surface area contributed by atoms with Gasteiger partial charge < -0.3 is 9.80 Å². The normalized spacial score (nSPS) is 21.9.